The summed E-state index contributed by atoms with van der Waals surface area (Å²) in [5.41, 5.74) is 5.87. The number of aryl methyl sites for hydroxylation is 1. The van der Waals surface area contributed by atoms with Gasteiger partial charge >= 0.3 is 0 Å². The van der Waals surface area contributed by atoms with Crippen molar-refractivity contribution >= 4 is 0 Å². The van der Waals surface area contributed by atoms with Crippen molar-refractivity contribution in [3.8, 4) is 0 Å². The van der Waals surface area contributed by atoms with E-state index >= 15 is 0 Å². The summed E-state index contributed by atoms with van der Waals surface area (Å²) >= 11 is 0. The van der Waals surface area contributed by atoms with Crippen molar-refractivity contribution in [2.75, 3.05) is 6.54 Å². The van der Waals surface area contributed by atoms with Crippen LogP contribution in [0.15, 0.2) is 18.2 Å². The topological polar surface area (TPSA) is 58.3 Å². The monoisotopic (exact) mass is 222 g/mol. The first-order valence-corrected chi connectivity index (χ1v) is 5.59. The molecule has 0 heterocycles. The molecule has 0 bridgehead atoms. The van der Waals surface area contributed by atoms with Gasteiger partial charge in [0.05, 0.1) is 6.10 Å². The molecule has 1 aromatic carbocycles. The van der Waals surface area contributed by atoms with E-state index in [1.54, 1.807) is 0 Å². The quantitative estimate of drug-likeness (QED) is 0.540. The van der Waals surface area contributed by atoms with E-state index in [1.165, 1.54) is 5.56 Å². The molecule has 3 nitrogen and oxygen atoms in total. The molecular weight excluding hydrogens is 200 g/mol. The minimum atomic E-state index is -0.549. The van der Waals surface area contributed by atoms with E-state index in [2.05, 4.69) is 44.4 Å². The maximum Gasteiger partial charge on any atom is 0.0930 e. The van der Waals surface area contributed by atoms with Crippen molar-refractivity contribution in [1.29, 1.82) is 0 Å². The van der Waals surface area contributed by atoms with Gasteiger partial charge in [-0.1, -0.05) is 39.0 Å². The van der Waals surface area contributed by atoms with Gasteiger partial charge in [-0.05, 0) is 29.0 Å². The zero-order valence-electron chi connectivity index (χ0n) is 10.5. The average molecular weight is 222 g/mol. The molecule has 90 valence electrons. The van der Waals surface area contributed by atoms with Crippen molar-refractivity contribution in [1.82, 2.24) is 5.43 Å². The molecule has 1 atom stereocenters. The Balaban J connectivity index is 3.09. The fourth-order valence-corrected chi connectivity index (χ4v) is 1.69. The molecule has 4 N–H and O–H groups in total. The molecule has 0 amide bonds. The number of aliphatic hydroxyl groups excluding tert-OH is 1. The van der Waals surface area contributed by atoms with Crippen LogP contribution in [0.1, 0.15) is 43.6 Å². The second kappa shape index (κ2) is 4.95. The SMILES string of the molecule is Cc1ccc(C(C)(C)C)cc1C(O)CNN. The highest BCUT2D eigenvalue weighted by molar-refractivity contribution is 5.36. The Morgan fingerprint density at radius 1 is 1.38 bits per heavy atom. The summed E-state index contributed by atoms with van der Waals surface area (Å²) < 4.78 is 0. The van der Waals surface area contributed by atoms with E-state index in [-0.39, 0.29) is 5.41 Å². The van der Waals surface area contributed by atoms with Crippen LogP contribution in [-0.2, 0) is 5.41 Å². The molecule has 0 aliphatic rings. The lowest BCUT2D eigenvalue weighted by atomic mass is 9.84. The van der Waals surface area contributed by atoms with E-state index in [0.29, 0.717) is 6.54 Å². The van der Waals surface area contributed by atoms with Crippen LogP contribution in [-0.4, -0.2) is 11.7 Å². The first kappa shape index (κ1) is 13.2. The van der Waals surface area contributed by atoms with Crippen molar-refractivity contribution in [2.45, 2.75) is 39.2 Å². The number of nitrogens with one attached hydrogen (secondary N) is 1. The number of hydrogen-bond acceptors (Lipinski definition) is 3. The lowest BCUT2D eigenvalue weighted by molar-refractivity contribution is 0.174. The second-order valence-corrected chi connectivity index (χ2v) is 5.25. The molecule has 0 spiro atoms. The van der Waals surface area contributed by atoms with E-state index in [1.807, 2.05) is 6.92 Å². The van der Waals surface area contributed by atoms with Crippen LogP contribution < -0.4 is 11.3 Å². The molecule has 1 aromatic rings. The molecule has 0 aromatic heterocycles. The van der Waals surface area contributed by atoms with Gasteiger partial charge in [0, 0.05) is 6.54 Å². The molecule has 0 saturated carbocycles. The number of nitrogens with two attached hydrogens (primary N) is 1. The molecule has 0 aliphatic heterocycles. The lowest BCUT2D eigenvalue weighted by Crippen LogP contribution is -2.28. The van der Waals surface area contributed by atoms with E-state index in [0.717, 1.165) is 11.1 Å². The third kappa shape index (κ3) is 3.04. The van der Waals surface area contributed by atoms with Crippen LogP contribution in [0, 0.1) is 6.92 Å². The fraction of sp³-hybridized carbons (Fsp3) is 0.538. The van der Waals surface area contributed by atoms with Gasteiger partial charge in [-0.15, -0.1) is 0 Å². The number of hydrogen-bond donors (Lipinski definition) is 3. The standard InChI is InChI=1S/C13H22N2O/c1-9-5-6-10(13(2,3)4)7-11(9)12(16)8-15-14/h5-7,12,15-16H,8,14H2,1-4H3. The van der Waals surface area contributed by atoms with Crippen molar-refractivity contribution in [3.63, 3.8) is 0 Å². The zero-order valence-corrected chi connectivity index (χ0v) is 10.5. The van der Waals surface area contributed by atoms with Gasteiger partial charge in [-0.2, -0.15) is 0 Å². The molecule has 16 heavy (non-hydrogen) atoms. The van der Waals surface area contributed by atoms with Crippen molar-refractivity contribution in [3.05, 3.63) is 34.9 Å². The van der Waals surface area contributed by atoms with Crippen LogP contribution in [0.5, 0.6) is 0 Å². The van der Waals surface area contributed by atoms with Crippen LogP contribution >= 0.6 is 0 Å². The number of aliphatic hydroxyl groups is 1. The third-order valence-electron chi connectivity index (χ3n) is 2.82. The Morgan fingerprint density at radius 2 is 2.00 bits per heavy atom. The van der Waals surface area contributed by atoms with Crippen molar-refractivity contribution in [2.24, 2.45) is 5.84 Å². The maximum atomic E-state index is 9.95. The summed E-state index contributed by atoms with van der Waals surface area (Å²) in [4.78, 5) is 0. The van der Waals surface area contributed by atoms with Crippen LogP contribution in [0.2, 0.25) is 0 Å². The van der Waals surface area contributed by atoms with Gasteiger partial charge in [0.2, 0.25) is 0 Å². The molecule has 1 rings (SSSR count). The minimum Gasteiger partial charge on any atom is -0.387 e. The lowest BCUT2D eigenvalue weighted by Gasteiger charge is -2.22. The van der Waals surface area contributed by atoms with Gasteiger partial charge in [0.25, 0.3) is 0 Å². The Kier molecular flexibility index (Phi) is 4.08. The highest BCUT2D eigenvalue weighted by Crippen LogP contribution is 2.27. The highest BCUT2D eigenvalue weighted by Gasteiger charge is 2.17. The Labute approximate surface area is 97.6 Å². The summed E-state index contributed by atoms with van der Waals surface area (Å²) in [6.45, 7) is 8.86. The van der Waals surface area contributed by atoms with Crippen molar-refractivity contribution < 1.29 is 5.11 Å². The average Bonchev–Trinajstić information content (AvgIpc) is 2.16. The number of rotatable bonds is 3. The molecular formula is C13H22N2O. The smallest absolute Gasteiger partial charge is 0.0930 e. The van der Waals surface area contributed by atoms with E-state index in [9.17, 15) is 5.11 Å². The van der Waals surface area contributed by atoms with Gasteiger partial charge in [0.1, 0.15) is 0 Å². The Bertz CT molecular complexity index is 355. The summed E-state index contributed by atoms with van der Waals surface area (Å²) in [5.74, 6) is 5.23. The normalized spacial score (nSPS) is 13.9. The first-order chi connectivity index (χ1) is 7.36. The van der Waals surface area contributed by atoms with E-state index < -0.39 is 6.10 Å². The highest BCUT2D eigenvalue weighted by atomic mass is 16.3. The van der Waals surface area contributed by atoms with Gasteiger partial charge < -0.3 is 5.11 Å². The summed E-state index contributed by atoms with van der Waals surface area (Å²) in [5, 5.41) is 9.95. The van der Waals surface area contributed by atoms with Gasteiger partial charge in [0.15, 0.2) is 0 Å². The molecule has 0 fully saturated rings. The predicted molar refractivity (Wildman–Crippen MR) is 67.0 cm³/mol. The van der Waals surface area contributed by atoms with Gasteiger partial charge in [-0.25, -0.2) is 0 Å². The summed E-state index contributed by atoms with van der Waals surface area (Å²) in [7, 11) is 0. The molecule has 0 aliphatic carbocycles. The molecule has 0 radical (unpaired) electrons. The largest absolute Gasteiger partial charge is 0.387 e. The van der Waals surface area contributed by atoms with Gasteiger partial charge in [-0.3, -0.25) is 11.3 Å². The number of benzene rings is 1. The minimum absolute atomic E-state index is 0.0955. The fourth-order valence-electron chi connectivity index (χ4n) is 1.69. The van der Waals surface area contributed by atoms with Crippen LogP contribution in [0.4, 0.5) is 0 Å². The first-order valence-electron chi connectivity index (χ1n) is 5.59. The number of hydrazine groups is 1. The Hall–Kier alpha value is -0.900. The molecule has 3 heteroatoms. The molecule has 1 unspecified atom stereocenters. The third-order valence-corrected chi connectivity index (χ3v) is 2.82. The zero-order chi connectivity index (χ0) is 12.3. The summed E-state index contributed by atoms with van der Waals surface area (Å²) in [6, 6.07) is 6.23. The van der Waals surface area contributed by atoms with Crippen LogP contribution in [0.3, 0.4) is 0 Å². The van der Waals surface area contributed by atoms with E-state index in [4.69, 9.17) is 5.84 Å². The maximum absolute atomic E-state index is 9.95. The van der Waals surface area contributed by atoms with Crippen LogP contribution in [0.25, 0.3) is 0 Å². The predicted octanol–water partition coefficient (Wildman–Crippen LogP) is 1.79. The second-order valence-electron chi connectivity index (χ2n) is 5.25. The molecule has 0 saturated heterocycles. The Morgan fingerprint density at radius 3 is 2.50 bits per heavy atom. The summed E-state index contributed by atoms with van der Waals surface area (Å²) in [6.07, 6.45) is -0.549.